The summed E-state index contributed by atoms with van der Waals surface area (Å²) >= 11 is 0. The maximum atomic E-state index is 11.1. The molecule has 0 heterocycles. The lowest BCUT2D eigenvalue weighted by atomic mass is 9.98. The van der Waals surface area contributed by atoms with Crippen LogP contribution in [0.25, 0.3) is 0 Å². The van der Waals surface area contributed by atoms with E-state index in [9.17, 15) is 13.5 Å². The number of nitrogens with one attached hydrogen (secondary N) is 1. The van der Waals surface area contributed by atoms with E-state index in [-0.39, 0.29) is 11.9 Å². The molecule has 6 heteroatoms. The number of phenolic OH excluding ortho intramolecular Hbond substituents is 1. The minimum absolute atomic E-state index is 0.0424. The average Bonchev–Trinajstić information content (AvgIpc) is 2.32. The molecule has 0 radical (unpaired) electrons. The summed E-state index contributed by atoms with van der Waals surface area (Å²) in [7, 11) is -3.34. The van der Waals surface area contributed by atoms with Crippen molar-refractivity contribution in [3.8, 4) is 11.5 Å². The number of anilines is 1. The van der Waals surface area contributed by atoms with Crippen LogP contribution in [0.1, 0.15) is 32.1 Å². The van der Waals surface area contributed by atoms with Crippen molar-refractivity contribution in [1.82, 2.24) is 0 Å². The van der Waals surface area contributed by atoms with Crippen LogP contribution in [0, 0.1) is 0 Å². The second-order valence-corrected chi connectivity index (χ2v) is 6.68. The first-order valence-electron chi connectivity index (χ1n) is 6.41. The SMILES string of the molecule is CS(=O)(=O)Nc1ccc(OC2CCCCC2)c(O)c1. The lowest BCUT2D eigenvalue weighted by molar-refractivity contribution is 0.150. The molecule has 1 aromatic rings. The average molecular weight is 285 g/mol. The molecule has 0 bridgehead atoms. The first-order valence-corrected chi connectivity index (χ1v) is 8.31. The smallest absolute Gasteiger partial charge is 0.229 e. The number of ether oxygens (including phenoxy) is 1. The predicted molar refractivity (Wildman–Crippen MR) is 74.1 cm³/mol. The van der Waals surface area contributed by atoms with Gasteiger partial charge in [-0.3, -0.25) is 4.72 Å². The third-order valence-electron chi connectivity index (χ3n) is 3.11. The standard InChI is InChI=1S/C13H19NO4S/c1-19(16,17)14-10-7-8-13(12(15)9-10)18-11-5-3-2-4-6-11/h7-9,11,14-15H,2-6H2,1H3. The maximum absolute atomic E-state index is 11.1. The molecule has 106 valence electrons. The van der Waals surface area contributed by atoms with Crippen LogP contribution in [0.5, 0.6) is 11.5 Å². The number of hydrogen-bond acceptors (Lipinski definition) is 4. The molecule has 2 rings (SSSR count). The minimum atomic E-state index is -3.34. The summed E-state index contributed by atoms with van der Waals surface area (Å²) in [6.45, 7) is 0. The molecule has 0 saturated heterocycles. The Morgan fingerprint density at radius 3 is 2.53 bits per heavy atom. The van der Waals surface area contributed by atoms with E-state index >= 15 is 0 Å². The number of benzene rings is 1. The molecule has 5 nitrogen and oxygen atoms in total. The van der Waals surface area contributed by atoms with E-state index in [2.05, 4.69) is 4.72 Å². The summed E-state index contributed by atoms with van der Waals surface area (Å²) in [5.41, 5.74) is 0.330. The molecule has 2 N–H and O–H groups in total. The van der Waals surface area contributed by atoms with Crippen LogP contribution in [0.3, 0.4) is 0 Å². The molecule has 1 saturated carbocycles. The molecule has 0 atom stereocenters. The van der Waals surface area contributed by atoms with Crippen molar-refractivity contribution in [3.63, 3.8) is 0 Å². The molecule has 1 aromatic carbocycles. The van der Waals surface area contributed by atoms with Crippen LogP contribution in [0.15, 0.2) is 18.2 Å². The summed E-state index contributed by atoms with van der Waals surface area (Å²) in [6, 6.07) is 4.54. The van der Waals surface area contributed by atoms with Gasteiger partial charge in [-0.1, -0.05) is 6.42 Å². The van der Waals surface area contributed by atoms with E-state index < -0.39 is 10.0 Å². The molecule has 0 amide bonds. The highest BCUT2D eigenvalue weighted by molar-refractivity contribution is 7.92. The van der Waals surface area contributed by atoms with Crippen molar-refractivity contribution in [2.24, 2.45) is 0 Å². The fourth-order valence-corrected chi connectivity index (χ4v) is 2.81. The highest BCUT2D eigenvalue weighted by Crippen LogP contribution is 2.32. The van der Waals surface area contributed by atoms with Crippen LogP contribution < -0.4 is 9.46 Å². The lowest BCUT2D eigenvalue weighted by Crippen LogP contribution is -2.19. The second-order valence-electron chi connectivity index (χ2n) is 4.93. The normalized spacial score (nSPS) is 17.1. The summed E-state index contributed by atoms with van der Waals surface area (Å²) in [5.74, 6) is 0.366. The van der Waals surface area contributed by atoms with Crippen LogP contribution in [0.4, 0.5) is 5.69 Å². The van der Waals surface area contributed by atoms with Gasteiger partial charge < -0.3 is 9.84 Å². The Hall–Kier alpha value is -1.43. The Balaban J connectivity index is 2.06. The number of rotatable bonds is 4. The summed E-state index contributed by atoms with van der Waals surface area (Å²) in [4.78, 5) is 0. The monoisotopic (exact) mass is 285 g/mol. The van der Waals surface area contributed by atoms with Crippen LogP contribution >= 0.6 is 0 Å². The fourth-order valence-electron chi connectivity index (χ4n) is 2.26. The van der Waals surface area contributed by atoms with Gasteiger partial charge in [-0.15, -0.1) is 0 Å². The van der Waals surface area contributed by atoms with Gasteiger partial charge in [0.2, 0.25) is 10.0 Å². The van der Waals surface area contributed by atoms with Crippen LogP contribution in [-0.2, 0) is 10.0 Å². The highest BCUT2D eigenvalue weighted by Gasteiger charge is 2.16. The van der Waals surface area contributed by atoms with E-state index in [0.717, 1.165) is 31.9 Å². The second kappa shape index (κ2) is 5.69. The topological polar surface area (TPSA) is 75.6 Å². The number of phenols is 1. The van der Waals surface area contributed by atoms with Crippen molar-refractivity contribution < 1.29 is 18.3 Å². The first-order chi connectivity index (χ1) is 8.94. The van der Waals surface area contributed by atoms with Crippen molar-refractivity contribution in [2.45, 2.75) is 38.2 Å². The highest BCUT2D eigenvalue weighted by atomic mass is 32.2. The van der Waals surface area contributed by atoms with Gasteiger partial charge in [0.1, 0.15) is 0 Å². The summed E-state index contributed by atoms with van der Waals surface area (Å²) in [5, 5.41) is 9.86. The third-order valence-corrected chi connectivity index (χ3v) is 3.71. The number of aromatic hydroxyl groups is 1. The Kier molecular flexibility index (Phi) is 4.19. The van der Waals surface area contributed by atoms with Gasteiger partial charge in [-0.05, 0) is 37.8 Å². The zero-order valence-corrected chi connectivity index (χ0v) is 11.7. The minimum Gasteiger partial charge on any atom is -0.504 e. The third kappa shape index (κ3) is 4.31. The van der Waals surface area contributed by atoms with E-state index in [1.54, 1.807) is 12.1 Å². The van der Waals surface area contributed by atoms with Crippen molar-refractivity contribution >= 4 is 15.7 Å². The molecule has 0 aromatic heterocycles. The van der Waals surface area contributed by atoms with Crippen molar-refractivity contribution in [2.75, 3.05) is 11.0 Å². The van der Waals surface area contributed by atoms with E-state index in [0.29, 0.717) is 11.4 Å². The lowest BCUT2D eigenvalue weighted by Gasteiger charge is -2.23. The van der Waals surface area contributed by atoms with E-state index in [1.807, 2.05) is 0 Å². The van der Waals surface area contributed by atoms with Crippen LogP contribution in [-0.4, -0.2) is 25.9 Å². The Bertz CT molecular complexity index is 536. The number of hydrogen-bond donors (Lipinski definition) is 2. The molecular formula is C13H19NO4S. The summed E-state index contributed by atoms with van der Waals surface area (Å²) in [6.07, 6.45) is 6.76. The molecule has 19 heavy (non-hydrogen) atoms. The van der Waals surface area contributed by atoms with E-state index in [1.165, 1.54) is 12.5 Å². The van der Waals surface area contributed by atoms with Crippen molar-refractivity contribution in [3.05, 3.63) is 18.2 Å². The molecule has 1 aliphatic rings. The maximum Gasteiger partial charge on any atom is 0.229 e. The number of sulfonamides is 1. The fraction of sp³-hybridized carbons (Fsp3) is 0.538. The van der Waals surface area contributed by atoms with Gasteiger partial charge in [-0.25, -0.2) is 8.42 Å². The molecular weight excluding hydrogens is 266 g/mol. The van der Waals surface area contributed by atoms with Crippen LogP contribution in [0.2, 0.25) is 0 Å². The molecule has 1 aliphatic carbocycles. The molecule has 0 unspecified atom stereocenters. The first kappa shape index (κ1) is 14.0. The van der Waals surface area contributed by atoms with Crippen molar-refractivity contribution in [1.29, 1.82) is 0 Å². The zero-order valence-electron chi connectivity index (χ0n) is 10.9. The van der Waals surface area contributed by atoms with Gasteiger partial charge in [-0.2, -0.15) is 0 Å². The molecule has 0 spiro atoms. The zero-order chi connectivity index (χ0) is 13.9. The quantitative estimate of drug-likeness (QED) is 0.891. The van der Waals surface area contributed by atoms with E-state index in [4.69, 9.17) is 4.74 Å². The predicted octanol–water partition coefficient (Wildman–Crippen LogP) is 2.48. The Morgan fingerprint density at radius 1 is 1.26 bits per heavy atom. The largest absolute Gasteiger partial charge is 0.504 e. The van der Waals surface area contributed by atoms with Gasteiger partial charge in [0, 0.05) is 6.07 Å². The van der Waals surface area contributed by atoms with Gasteiger partial charge in [0.15, 0.2) is 11.5 Å². The van der Waals surface area contributed by atoms with Gasteiger partial charge in [0.05, 0.1) is 18.0 Å². The Morgan fingerprint density at radius 2 is 1.95 bits per heavy atom. The Labute approximate surface area is 113 Å². The molecule has 1 fully saturated rings. The van der Waals surface area contributed by atoms with Gasteiger partial charge >= 0.3 is 0 Å². The summed E-state index contributed by atoms with van der Waals surface area (Å²) < 4.78 is 30.2. The van der Waals surface area contributed by atoms with Gasteiger partial charge in [0.25, 0.3) is 0 Å². The molecule has 0 aliphatic heterocycles.